The van der Waals surface area contributed by atoms with Crippen molar-refractivity contribution < 1.29 is 0 Å². The molecule has 0 radical (unpaired) electrons. The average molecular weight is 212 g/mol. The van der Waals surface area contributed by atoms with Gasteiger partial charge in [0, 0.05) is 51.4 Å². The Morgan fingerprint density at radius 2 is 1.20 bits per heavy atom. The van der Waals surface area contributed by atoms with Gasteiger partial charge in [-0.15, -0.1) is 0 Å². The van der Waals surface area contributed by atoms with E-state index < -0.39 is 0 Å². The number of rotatable bonds is 0. The van der Waals surface area contributed by atoms with Gasteiger partial charge in [-0.1, -0.05) is 6.42 Å². The lowest BCUT2D eigenvalue weighted by molar-refractivity contribution is 0.300. The van der Waals surface area contributed by atoms with Gasteiger partial charge < -0.3 is 21.3 Å². The first-order chi connectivity index (χ1) is 7.45. The van der Waals surface area contributed by atoms with Crippen LogP contribution in [-0.4, -0.2) is 51.4 Å². The number of hydrogen-bond acceptors (Lipinski definition) is 4. The zero-order valence-electron chi connectivity index (χ0n) is 9.52. The molecule has 2 heterocycles. The van der Waals surface area contributed by atoms with Crippen LogP contribution in [0.3, 0.4) is 0 Å². The molecule has 0 aromatic rings. The molecule has 2 aliphatic heterocycles. The number of nitrogens with one attached hydrogen (secondary N) is 4. The zero-order chi connectivity index (χ0) is 10.3. The highest BCUT2D eigenvalue weighted by atomic mass is 15.1. The summed E-state index contributed by atoms with van der Waals surface area (Å²) in [5.41, 5.74) is 0. The van der Waals surface area contributed by atoms with Gasteiger partial charge in [-0.3, -0.25) is 0 Å². The normalized spacial score (nSPS) is 35.2. The number of fused-ring (bicyclic) bond motifs is 2. The SMILES string of the molecule is C1C[C@@H]2CNCCNCCNC[C@H](C1)N2. The van der Waals surface area contributed by atoms with Crippen LogP contribution in [0.4, 0.5) is 0 Å². The maximum absolute atomic E-state index is 3.73. The third-order valence-electron chi connectivity index (χ3n) is 3.32. The Hall–Kier alpha value is -0.160. The molecular formula is C11H24N4. The van der Waals surface area contributed by atoms with Crippen LogP contribution in [0.5, 0.6) is 0 Å². The summed E-state index contributed by atoms with van der Waals surface area (Å²) in [6.07, 6.45) is 4.04. The standard InChI is InChI=1S/C11H24N4/c1-2-10-8-13-6-4-12-5-7-14-9-11(3-1)15-10/h10-15H,1-9H2/t10-,11+. The van der Waals surface area contributed by atoms with Gasteiger partial charge in [0.2, 0.25) is 0 Å². The van der Waals surface area contributed by atoms with Crippen LogP contribution in [-0.2, 0) is 0 Å². The summed E-state index contributed by atoms with van der Waals surface area (Å²) in [5.74, 6) is 0. The lowest BCUT2D eigenvalue weighted by Gasteiger charge is -2.32. The number of piperidine rings is 1. The molecule has 4 nitrogen and oxygen atoms in total. The van der Waals surface area contributed by atoms with Gasteiger partial charge in [-0.25, -0.2) is 0 Å². The Morgan fingerprint density at radius 1 is 0.667 bits per heavy atom. The molecule has 4 heteroatoms. The Labute approximate surface area is 92.6 Å². The third kappa shape index (κ3) is 4.07. The fraction of sp³-hybridized carbons (Fsp3) is 1.00. The molecule has 0 saturated carbocycles. The molecule has 0 aromatic carbocycles. The van der Waals surface area contributed by atoms with E-state index in [-0.39, 0.29) is 0 Å². The van der Waals surface area contributed by atoms with E-state index in [0.29, 0.717) is 12.1 Å². The molecule has 88 valence electrons. The largest absolute Gasteiger partial charge is 0.314 e. The number of hydrogen-bond donors (Lipinski definition) is 4. The van der Waals surface area contributed by atoms with Crippen molar-refractivity contribution in [3.63, 3.8) is 0 Å². The molecule has 0 unspecified atom stereocenters. The molecule has 2 rings (SSSR count). The Kier molecular flexibility index (Phi) is 4.86. The molecule has 0 aliphatic carbocycles. The molecular weight excluding hydrogens is 188 g/mol. The highest BCUT2D eigenvalue weighted by Crippen LogP contribution is 2.11. The lowest BCUT2D eigenvalue weighted by atomic mass is 9.98. The summed E-state index contributed by atoms with van der Waals surface area (Å²) >= 11 is 0. The maximum Gasteiger partial charge on any atom is 0.0195 e. The minimum atomic E-state index is 0.685. The van der Waals surface area contributed by atoms with Crippen LogP contribution >= 0.6 is 0 Å². The molecule has 4 N–H and O–H groups in total. The molecule has 0 aromatic heterocycles. The fourth-order valence-electron chi connectivity index (χ4n) is 2.46. The lowest BCUT2D eigenvalue weighted by Crippen LogP contribution is -2.52. The van der Waals surface area contributed by atoms with Crippen LogP contribution in [0.2, 0.25) is 0 Å². The van der Waals surface area contributed by atoms with Crippen LogP contribution in [0.25, 0.3) is 0 Å². The van der Waals surface area contributed by atoms with Gasteiger partial charge >= 0.3 is 0 Å². The smallest absolute Gasteiger partial charge is 0.0195 e. The van der Waals surface area contributed by atoms with Gasteiger partial charge in [0.05, 0.1) is 0 Å². The van der Waals surface area contributed by atoms with Crippen molar-refractivity contribution in [3.8, 4) is 0 Å². The van der Waals surface area contributed by atoms with Crippen LogP contribution < -0.4 is 21.3 Å². The summed E-state index contributed by atoms with van der Waals surface area (Å²) in [6.45, 7) is 6.58. The second-order valence-electron chi connectivity index (χ2n) is 4.65. The third-order valence-corrected chi connectivity index (χ3v) is 3.32. The maximum atomic E-state index is 3.73. The molecule has 2 fully saturated rings. The van der Waals surface area contributed by atoms with E-state index in [1.54, 1.807) is 0 Å². The van der Waals surface area contributed by atoms with Crippen molar-refractivity contribution in [3.05, 3.63) is 0 Å². The molecule has 0 spiro atoms. The highest BCUT2D eigenvalue weighted by molar-refractivity contribution is 4.83. The first-order valence-electron chi connectivity index (χ1n) is 6.33. The van der Waals surface area contributed by atoms with Crippen LogP contribution in [0.1, 0.15) is 19.3 Å². The summed E-state index contributed by atoms with van der Waals surface area (Å²) in [4.78, 5) is 0. The first kappa shape index (κ1) is 11.3. The van der Waals surface area contributed by atoms with E-state index in [1.807, 2.05) is 0 Å². The van der Waals surface area contributed by atoms with E-state index in [9.17, 15) is 0 Å². The molecule has 2 atom stereocenters. The van der Waals surface area contributed by atoms with E-state index in [1.165, 1.54) is 19.3 Å². The minimum absolute atomic E-state index is 0.685. The summed E-state index contributed by atoms with van der Waals surface area (Å²) in [5, 5.41) is 14.2. The monoisotopic (exact) mass is 212 g/mol. The molecule has 2 saturated heterocycles. The van der Waals surface area contributed by atoms with Crippen molar-refractivity contribution in [2.24, 2.45) is 0 Å². The van der Waals surface area contributed by atoms with Crippen molar-refractivity contribution in [1.29, 1.82) is 0 Å². The van der Waals surface area contributed by atoms with Gasteiger partial charge in [0.25, 0.3) is 0 Å². The predicted octanol–water partition coefficient (Wildman–Crippen LogP) is -0.720. The van der Waals surface area contributed by atoms with Gasteiger partial charge in [0.15, 0.2) is 0 Å². The Bertz CT molecular complexity index is 158. The molecule has 0 amide bonds. The summed E-state index contributed by atoms with van der Waals surface area (Å²) < 4.78 is 0. The fourth-order valence-corrected chi connectivity index (χ4v) is 2.46. The Balaban J connectivity index is 1.78. The van der Waals surface area contributed by atoms with E-state index in [0.717, 1.165) is 39.3 Å². The van der Waals surface area contributed by atoms with E-state index in [4.69, 9.17) is 0 Å². The van der Waals surface area contributed by atoms with Crippen molar-refractivity contribution >= 4 is 0 Å². The highest BCUT2D eigenvalue weighted by Gasteiger charge is 2.20. The van der Waals surface area contributed by atoms with Crippen LogP contribution in [0.15, 0.2) is 0 Å². The van der Waals surface area contributed by atoms with Gasteiger partial charge in [-0.05, 0) is 12.8 Å². The summed E-state index contributed by atoms with van der Waals surface area (Å²) in [7, 11) is 0. The van der Waals surface area contributed by atoms with E-state index in [2.05, 4.69) is 21.3 Å². The van der Waals surface area contributed by atoms with Crippen LogP contribution in [0, 0.1) is 0 Å². The summed E-state index contributed by atoms with van der Waals surface area (Å²) in [6, 6.07) is 1.37. The molecule has 2 aliphatic rings. The van der Waals surface area contributed by atoms with Crippen molar-refractivity contribution in [2.75, 3.05) is 39.3 Å². The zero-order valence-corrected chi connectivity index (χ0v) is 9.52. The molecule has 2 bridgehead atoms. The quantitative estimate of drug-likeness (QED) is 0.428. The van der Waals surface area contributed by atoms with Gasteiger partial charge in [-0.2, -0.15) is 0 Å². The average Bonchev–Trinajstić information content (AvgIpc) is 2.26. The molecule has 15 heavy (non-hydrogen) atoms. The predicted molar refractivity (Wildman–Crippen MR) is 63.2 cm³/mol. The first-order valence-corrected chi connectivity index (χ1v) is 6.33. The van der Waals surface area contributed by atoms with Crippen molar-refractivity contribution in [2.45, 2.75) is 31.3 Å². The minimum Gasteiger partial charge on any atom is -0.314 e. The van der Waals surface area contributed by atoms with E-state index >= 15 is 0 Å². The topological polar surface area (TPSA) is 48.1 Å². The van der Waals surface area contributed by atoms with Crippen molar-refractivity contribution in [1.82, 2.24) is 21.3 Å². The van der Waals surface area contributed by atoms with Gasteiger partial charge in [0.1, 0.15) is 0 Å². The Morgan fingerprint density at radius 3 is 1.80 bits per heavy atom. The second-order valence-corrected chi connectivity index (χ2v) is 4.65. The second kappa shape index (κ2) is 6.43.